The zero-order valence-electron chi connectivity index (χ0n) is 18.1. The Morgan fingerprint density at radius 2 is 1.79 bits per heavy atom. The SMILES string of the molecule is CCN(CC)S(=O)(=O)c1ccc(F)c(C(=O)Nc2cc(C)nn2-c2ccc([N+](=O)[O-])cc2)c1. The lowest BCUT2D eigenvalue weighted by molar-refractivity contribution is -0.384. The Labute approximate surface area is 189 Å². The lowest BCUT2D eigenvalue weighted by Gasteiger charge is -2.19. The van der Waals surface area contributed by atoms with Gasteiger partial charge in [0.25, 0.3) is 11.6 Å². The molecule has 3 aromatic rings. The number of nitro groups is 1. The van der Waals surface area contributed by atoms with Crippen molar-refractivity contribution in [2.24, 2.45) is 0 Å². The van der Waals surface area contributed by atoms with Crippen LogP contribution in [0.5, 0.6) is 0 Å². The fourth-order valence-corrected chi connectivity index (χ4v) is 4.72. The predicted molar refractivity (Wildman–Crippen MR) is 119 cm³/mol. The van der Waals surface area contributed by atoms with E-state index in [1.54, 1.807) is 20.8 Å². The van der Waals surface area contributed by atoms with Gasteiger partial charge in [0.05, 0.1) is 26.8 Å². The van der Waals surface area contributed by atoms with Crippen molar-refractivity contribution in [1.29, 1.82) is 0 Å². The van der Waals surface area contributed by atoms with Gasteiger partial charge < -0.3 is 5.32 Å². The largest absolute Gasteiger partial charge is 0.306 e. The number of hydrogen-bond donors (Lipinski definition) is 1. The van der Waals surface area contributed by atoms with Crippen molar-refractivity contribution in [3.8, 4) is 5.69 Å². The summed E-state index contributed by atoms with van der Waals surface area (Å²) in [5.41, 5.74) is 0.406. The molecule has 0 fully saturated rings. The predicted octanol–water partition coefficient (Wildman–Crippen LogP) is 3.51. The molecule has 0 saturated heterocycles. The number of halogens is 1. The maximum Gasteiger partial charge on any atom is 0.269 e. The van der Waals surface area contributed by atoms with Gasteiger partial charge in [-0.3, -0.25) is 14.9 Å². The third-order valence-corrected chi connectivity index (χ3v) is 6.95. The number of sulfonamides is 1. The first-order chi connectivity index (χ1) is 15.6. The van der Waals surface area contributed by atoms with Crippen LogP contribution in [-0.4, -0.2) is 46.4 Å². The van der Waals surface area contributed by atoms with Gasteiger partial charge in [-0.25, -0.2) is 17.5 Å². The van der Waals surface area contributed by atoms with Gasteiger partial charge in [-0.15, -0.1) is 0 Å². The van der Waals surface area contributed by atoms with Crippen molar-refractivity contribution >= 4 is 27.4 Å². The summed E-state index contributed by atoms with van der Waals surface area (Å²) in [6, 6.07) is 10.1. The highest BCUT2D eigenvalue weighted by atomic mass is 32.2. The van der Waals surface area contributed by atoms with Crippen molar-refractivity contribution in [2.75, 3.05) is 18.4 Å². The Hall–Kier alpha value is -3.64. The van der Waals surface area contributed by atoms with Crippen LogP contribution in [0.1, 0.15) is 29.9 Å². The number of nitrogens with one attached hydrogen (secondary N) is 1. The number of hydrogen-bond acceptors (Lipinski definition) is 6. The summed E-state index contributed by atoms with van der Waals surface area (Å²) in [5, 5.41) is 17.7. The molecule has 174 valence electrons. The van der Waals surface area contributed by atoms with E-state index in [-0.39, 0.29) is 29.5 Å². The molecular weight excluding hydrogens is 453 g/mol. The maximum absolute atomic E-state index is 14.5. The van der Waals surface area contributed by atoms with Gasteiger partial charge in [-0.1, -0.05) is 13.8 Å². The highest BCUT2D eigenvalue weighted by Gasteiger charge is 2.25. The number of anilines is 1. The zero-order valence-corrected chi connectivity index (χ0v) is 19.0. The van der Waals surface area contributed by atoms with Crippen LogP contribution >= 0.6 is 0 Å². The summed E-state index contributed by atoms with van der Waals surface area (Å²) in [6.07, 6.45) is 0. The van der Waals surface area contributed by atoms with E-state index in [1.165, 1.54) is 39.3 Å². The van der Waals surface area contributed by atoms with Gasteiger partial charge in [0, 0.05) is 31.3 Å². The maximum atomic E-state index is 14.5. The molecule has 0 atom stereocenters. The number of amides is 1. The van der Waals surface area contributed by atoms with E-state index < -0.39 is 32.2 Å². The van der Waals surface area contributed by atoms with E-state index in [2.05, 4.69) is 10.4 Å². The van der Waals surface area contributed by atoms with Gasteiger partial charge in [0.15, 0.2) is 0 Å². The number of aryl methyl sites for hydroxylation is 1. The third-order valence-electron chi connectivity index (χ3n) is 4.90. The quantitative estimate of drug-likeness (QED) is 0.392. The highest BCUT2D eigenvalue weighted by molar-refractivity contribution is 7.89. The second-order valence-corrected chi connectivity index (χ2v) is 8.98. The standard InChI is InChI=1S/C21H22FN5O5S/c1-4-25(5-2)33(31,32)17-10-11-19(22)18(13-17)21(28)23-20-12-14(3)24-26(20)15-6-8-16(9-7-15)27(29)30/h6-13H,4-5H2,1-3H3,(H,23,28). The number of nitrogens with zero attached hydrogens (tertiary/aromatic N) is 4. The van der Waals surface area contributed by atoms with Crippen LogP contribution in [0.3, 0.4) is 0 Å². The topological polar surface area (TPSA) is 127 Å². The van der Waals surface area contributed by atoms with Crippen molar-refractivity contribution in [2.45, 2.75) is 25.7 Å². The number of non-ortho nitro benzene ring substituents is 1. The van der Waals surface area contributed by atoms with E-state index in [0.29, 0.717) is 11.4 Å². The molecule has 0 unspecified atom stereocenters. The smallest absolute Gasteiger partial charge is 0.269 e. The van der Waals surface area contributed by atoms with Gasteiger partial charge in [-0.05, 0) is 37.3 Å². The molecule has 1 heterocycles. The molecule has 2 aromatic carbocycles. The Morgan fingerprint density at radius 1 is 1.15 bits per heavy atom. The number of carbonyl (C=O) groups is 1. The summed E-state index contributed by atoms with van der Waals surface area (Å²) in [6.45, 7) is 5.49. The molecule has 0 saturated carbocycles. The molecule has 12 heteroatoms. The minimum atomic E-state index is -3.89. The second kappa shape index (κ2) is 9.46. The van der Waals surface area contributed by atoms with Gasteiger partial charge in [-0.2, -0.15) is 9.40 Å². The van der Waals surface area contributed by atoms with E-state index in [0.717, 1.165) is 18.2 Å². The van der Waals surface area contributed by atoms with E-state index in [4.69, 9.17) is 0 Å². The Balaban J connectivity index is 1.95. The summed E-state index contributed by atoms with van der Waals surface area (Å²) in [7, 11) is -3.89. The lowest BCUT2D eigenvalue weighted by Crippen LogP contribution is -2.31. The number of carbonyl (C=O) groups excluding carboxylic acids is 1. The van der Waals surface area contributed by atoms with Crippen LogP contribution in [0.2, 0.25) is 0 Å². The average Bonchev–Trinajstić information content (AvgIpc) is 3.14. The summed E-state index contributed by atoms with van der Waals surface area (Å²) in [5.74, 6) is -1.57. The molecule has 0 spiro atoms. The molecule has 1 aromatic heterocycles. The number of benzene rings is 2. The van der Waals surface area contributed by atoms with Crippen LogP contribution in [0.25, 0.3) is 5.69 Å². The molecule has 33 heavy (non-hydrogen) atoms. The monoisotopic (exact) mass is 475 g/mol. The molecule has 0 bridgehead atoms. The lowest BCUT2D eigenvalue weighted by atomic mass is 10.2. The zero-order chi connectivity index (χ0) is 24.3. The molecule has 0 aliphatic heterocycles. The van der Waals surface area contributed by atoms with Crippen LogP contribution in [0.4, 0.5) is 15.9 Å². The van der Waals surface area contributed by atoms with E-state index in [1.807, 2.05) is 0 Å². The first kappa shape index (κ1) is 24.0. The van der Waals surface area contributed by atoms with Gasteiger partial charge >= 0.3 is 0 Å². The number of rotatable bonds is 8. The third kappa shape index (κ3) is 4.91. The van der Waals surface area contributed by atoms with Crippen LogP contribution in [0, 0.1) is 22.9 Å². The molecule has 0 radical (unpaired) electrons. The normalized spacial score (nSPS) is 11.5. The summed E-state index contributed by atoms with van der Waals surface area (Å²) < 4.78 is 42.5. The minimum Gasteiger partial charge on any atom is -0.306 e. The number of nitro benzene ring substituents is 1. The van der Waals surface area contributed by atoms with Gasteiger partial charge in [0.2, 0.25) is 10.0 Å². The molecular formula is C21H22FN5O5S. The van der Waals surface area contributed by atoms with Crippen molar-refractivity contribution in [3.05, 3.63) is 75.7 Å². The summed E-state index contributed by atoms with van der Waals surface area (Å²) in [4.78, 5) is 23.0. The van der Waals surface area contributed by atoms with Gasteiger partial charge in [0.1, 0.15) is 11.6 Å². The second-order valence-electron chi connectivity index (χ2n) is 7.04. The fourth-order valence-electron chi connectivity index (χ4n) is 3.24. The van der Waals surface area contributed by atoms with E-state index in [9.17, 15) is 27.7 Å². The van der Waals surface area contributed by atoms with E-state index >= 15 is 0 Å². The molecule has 10 nitrogen and oxygen atoms in total. The Bertz CT molecular complexity index is 1300. The van der Waals surface area contributed by atoms with Crippen molar-refractivity contribution in [1.82, 2.24) is 14.1 Å². The minimum absolute atomic E-state index is 0.110. The first-order valence-electron chi connectivity index (χ1n) is 10.0. The molecule has 0 aliphatic carbocycles. The Kier molecular flexibility index (Phi) is 6.89. The summed E-state index contributed by atoms with van der Waals surface area (Å²) >= 11 is 0. The fraction of sp³-hybridized carbons (Fsp3) is 0.238. The average molecular weight is 476 g/mol. The molecule has 3 rings (SSSR count). The van der Waals surface area contributed by atoms with Crippen molar-refractivity contribution < 1.29 is 22.5 Å². The molecule has 0 aliphatic rings. The number of aromatic nitrogens is 2. The van der Waals surface area contributed by atoms with Crippen LogP contribution in [-0.2, 0) is 10.0 Å². The van der Waals surface area contributed by atoms with Crippen LogP contribution < -0.4 is 5.32 Å². The molecule has 1 N–H and O–H groups in total. The van der Waals surface area contributed by atoms with Crippen LogP contribution in [0.15, 0.2) is 53.4 Å². The Morgan fingerprint density at radius 3 is 2.36 bits per heavy atom. The molecule has 1 amide bonds. The highest BCUT2D eigenvalue weighted by Crippen LogP contribution is 2.23. The first-order valence-corrected chi connectivity index (χ1v) is 11.4. The van der Waals surface area contributed by atoms with Crippen molar-refractivity contribution in [3.63, 3.8) is 0 Å².